The van der Waals surface area contributed by atoms with Crippen LogP contribution in [0.25, 0.3) is 0 Å². The fraction of sp³-hybridized carbons (Fsp3) is 0.600. The highest BCUT2D eigenvalue weighted by atomic mass is 32.2. The van der Waals surface area contributed by atoms with Crippen molar-refractivity contribution in [3.05, 3.63) is 27.4 Å². The summed E-state index contributed by atoms with van der Waals surface area (Å²) in [5.41, 5.74) is 1.74. The molecular formula is C10H14N2O2S. The normalized spacial score (nSPS) is 16.4. The van der Waals surface area contributed by atoms with Crippen LogP contribution in [0.5, 0.6) is 0 Å². The van der Waals surface area contributed by atoms with Crippen LogP contribution in [0.1, 0.15) is 37.0 Å². The standard InChI is InChI=1S/C10H14N2O2S/c1-3-14-6(2)9-11-8-5-15-4-7(8)10(13)12-9/h6H,3-5H2,1-2H3,(H,11,12,13). The molecule has 1 aromatic rings. The van der Waals surface area contributed by atoms with Crippen molar-refractivity contribution in [1.29, 1.82) is 0 Å². The lowest BCUT2D eigenvalue weighted by Gasteiger charge is -2.11. The predicted molar refractivity (Wildman–Crippen MR) is 59.9 cm³/mol. The minimum atomic E-state index is -0.140. The van der Waals surface area contributed by atoms with Gasteiger partial charge in [-0.25, -0.2) is 4.98 Å². The zero-order chi connectivity index (χ0) is 10.8. The van der Waals surface area contributed by atoms with Crippen LogP contribution >= 0.6 is 11.8 Å². The number of nitrogens with zero attached hydrogens (tertiary/aromatic N) is 1. The highest BCUT2D eigenvalue weighted by Gasteiger charge is 2.19. The maximum atomic E-state index is 11.7. The van der Waals surface area contributed by atoms with E-state index in [1.165, 1.54) is 0 Å². The molecule has 0 amide bonds. The largest absolute Gasteiger partial charge is 0.371 e. The lowest BCUT2D eigenvalue weighted by atomic mass is 10.2. The second-order valence-electron chi connectivity index (χ2n) is 3.47. The highest BCUT2D eigenvalue weighted by Crippen LogP contribution is 2.26. The van der Waals surface area contributed by atoms with Crippen LogP contribution < -0.4 is 5.56 Å². The second kappa shape index (κ2) is 4.37. The number of fused-ring (bicyclic) bond motifs is 1. The number of aromatic nitrogens is 2. The van der Waals surface area contributed by atoms with Gasteiger partial charge in [0.15, 0.2) is 0 Å². The Morgan fingerprint density at radius 1 is 1.60 bits per heavy atom. The molecule has 1 N–H and O–H groups in total. The number of hydrogen-bond acceptors (Lipinski definition) is 4. The van der Waals surface area contributed by atoms with Gasteiger partial charge in [0, 0.05) is 23.7 Å². The molecule has 15 heavy (non-hydrogen) atoms. The minimum Gasteiger partial charge on any atom is -0.371 e. The molecule has 1 atom stereocenters. The first-order valence-electron chi connectivity index (χ1n) is 5.03. The van der Waals surface area contributed by atoms with Crippen LogP contribution in [-0.2, 0) is 16.2 Å². The summed E-state index contributed by atoms with van der Waals surface area (Å²) in [5, 5.41) is 0. The molecule has 0 aromatic carbocycles. The Labute approximate surface area is 92.5 Å². The molecule has 4 nitrogen and oxygen atoms in total. The Hall–Kier alpha value is -0.810. The maximum absolute atomic E-state index is 11.7. The van der Waals surface area contributed by atoms with E-state index in [0.29, 0.717) is 12.4 Å². The summed E-state index contributed by atoms with van der Waals surface area (Å²) in [6, 6.07) is 0. The van der Waals surface area contributed by atoms with E-state index in [1.807, 2.05) is 13.8 Å². The number of nitrogens with one attached hydrogen (secondary N) is 1. The van der Waals surface area contributed by atoms with Gasteiger partial charge >= 0.3 is 0 Å². The molecule has 82 valence electrons. The van der Waals surface area contributed by atoms with Gasteiger partial charge < -0.3 is 9.72 Å². The van der Waals surface area contributed by atoms with Crippen LogP contribution in [0.3, 0.4) is 0 Å². The molecule has 5 heteroatoms. The fourth-order valence-electron chi connectivity index (χ4n) is 1.60. The molecule has 1 aliphatic rings. The predicted octanol–water partition coefficient (Wildman–Crippen LogP) is 1.61. The molecule has 0 spiro atoms. The number of rotatable bonds is 3. The summed E-state index contributed by atoms with van der Waals surface area (Å²) >= 11 is 1.73. The van der Waals surface area contributed by atoms with Crippen molar-refractivity contribution in [2.75, 3.05) is 6.61 Å². The van der Waals surface area contributed by atoms with Crippen LogP contribution in [0.15, 0.2) is 4.79 Å². The van der Waals surface area contributed by atoms with Gasteiger partial charge in [-0.05, 0) is 13.8 Å². The average molecular weight is 226 g/mol. The number of ether oxygens (including phenoxy) is 1. The second-order valence-corrected chi connectivity index (χ2v) is 4.45. The van der Waals surface area contributed by atoms with Crippen LogP contribution in [0.4, 0.5) is 0 Å². The van der Waals surface area contributed by atoms with E-state index in [2.05, 4.69) is 9.97 Å². The lowest BCUT2D eigenvalue weighted by molar-refractivity contribution is 0.0697. The number of hydrogen-bond donors (Lipinski definition) is 1. The van der Waals surface area contributed by atoms with E-state index >= 15 is 0 Å². The van der Waals surface area contributed by atoms with Crippen LogP contribution in [0, 0.1) is 0 Å². The quantitative estimate of drug-likeness (QED) is 0.850. The van der Waals surface area contributed by atoms with Gasteiger partial charge in [0.2, 0.25) is 0 Å². The van der Waals surface area contributed by atoms with Gasteiger partial charge in [-0.3, -0.25) is 4.79 Å². The molecule has 2 heterocycles. The molecule has 0 aliphatic carbocycles. The zero-order valence-electron chi connectivity index (χ0n) is 8.87. The van der Waals surface area contributed by atoms with Gasteiger partial charge in [0.1, 0.15) is 11.9 Å². The summed E-state index contributed by atoms with van der Waals surface area (Å²) in [6.07, 6.45) is -0.140. The van der Waals surface area contributed by atoms with Crippen molar-refractivity contribution < 1.29 is 4.74 Å². The third-order valence-corrected chi connectivity index (χ3v) is 3.38. The first-order chi connectivity index (χ1) is 7.22. The van der Waals surface area contributed by atoms with Gasteiger partial charge in [-0.15, -0.1) is 0 Å². The fourth-order valence-corrected chi connectivity index (χ4v) is 2.64. The molecular weight excluding hydrogens is 212 g/mol. The van der Waals surface area contributed by atoms with Crippen molar-refractivity contribution in [2.24, 2.45) is 0 Å². The van der Waals surface area contributed by atoms with Gasteiger partial charge in [-0.1, -0.05) is 0 Å². The first-order valence-corrected chi connectivity index (χ1v) is 6.19. The van der Waals surface area contributed by atoms with E-state index in [0.717, 1.165) is 22.8 Å². The Kier molecular flexibility index (Phi) is 3.11. The Morgan fingerprint density at radius 2 is 2.40 bits per heavy atom. The highest BCUT2D eigenvalue weighted by molar-refractivity contribution is 7.98. The van der Waals surface area contributed by atoms with Crippen molar-refractivity contribution in [3.8, 4) is 0 Å². The van der Waals surface area contributed by atoms with Crippen molar-refractivity contribution in [2.45, 2.75) is 31.5 Å². The molecule has 1 aromatic heterocycles. The summed E-state index contributed by atoms with van der Waals surface area (Å²) in [6.45, 7) is 4.45. The van der Waals surface area contributed by atoms with E-state index in [-0.39, 0.29) is 11.7 Å². The number of H-pyrrole nitrogens is 1. The number of thioether (sulfide) groups is 1. The van der Waals surface area contributed by atoms with Crippen molar-refractivity contribution in [1.82, 2.24) is 9.97 Å². The van der Waals surface area contributed by atoms with Crippen LogP contribution in [-0.4, -0.2) is 16.6 Å². The molecule has 0 bridgehead atoms. The summed E-state index contributed by atoms with van der Waals surface area (Å²) in [4.78, 5) is 18.9. The summed E-state index contributed by atoms with van der Waals surface area (Å²) < 4.78 is 5.40. The van der Waals surface area contributed by atoms with Gasteiger partial charge in [0.25, 0.3) is 5.56 Å². The summed E-state index contributed by atoms with van der Waals surface area (Å²) in [5.74, 6) is 2.26. The molecule has 0 radical (unpaired) electrons. The van der Waals surface area contributed by atoms with E-state index < -0.39 is 0 Å². The molecule has 1 unspecified atom stereocenters. The van der Waals surface area contributed by atoms with Crippen molar-refractivity contribution in [3.63, 3.8) is 0 Å². The molecule has 2 rings (SSSR count). The summed E-state index contributed by atoms with van der Waals surface area (Å²) in [7, 11) is 0. The Morgan fingerprint density at radius 3 is 3.13 bits per heavy atom. The van der Waals surface area contributed by atoms with Crippen LogP contribution in [0.2, 0.25) is 0 Å². The van der Waals surface area contributed by atoms with E-state index in [4.69, 9.17) is 4.74 Å². The first kappa shape index (κ1) is 10.7. The third-order valence-electron chi connectivity index (χ3n) is 2.41. The zero-order valence-corrected chi connectivity index (χ0v) is 9.69. The van der Waals surface area contributed by atoms with Gasteiger partial charge in [-0.2, -0.15) is 11.8 Å². The van der Waals surface area contributed by atoms with E-state index in [1.54, 1.807) is 11.8 Å². The van der Waals surface area contributed by atoms with Crippen molar-refractivity contribution >= 4 is 11.8 Å². The Balaban J connectivity index is 2.35. The molecule has 0 saturated carbocycles. The topological polar surface area (TPSA) is 55.0 Å². The van der Waals surface area contributed by atoms with E-state index in [9.17, 15) is 4.79 Å². The Bertz CT molecular complexity index is 416. The average Bonchev–Trinajstić information content (AvgIpc) is 2.66. The molecule has 0 fully saturated rings. The smallest absolute Gasteiger partial charge is 0.255 e. The molecule has 0 saturated heterocycles. The lowest BCUT2D eigenvalue weighted by Crippen LogP contribution is -2.19. The monoisotopic (exact) mass is 226 g/mol. The number of aromatic amines is 1. The third kappa shape index (κ3) is 2.08. The SMILES string of the molecule is CCOC(C)c1nc2c(c(=O)[nH]1)CSC2. The minimum absolute atomic E-state index is 0.00782. The molecule has 1 aliphatic heterocycles. The van der Waals surface area contributed by atoms with Gasteiger partial charge in [0.05, 0.1) is 5.69 Å². The maximum Gasteiger partial charge on any atom is 0.255 e.